The molecule has 0 radical (unpaired) electrons. The molecule has 7 heteroatoms. The van der Waals surface area contributed by atoms with Crippen molar-refractivity contribution in [1.29, 1.82) is 0 Å². The van der Waals surface area contributed by atoms with Crippen molar-refractivity contribution in [3.05, 3.63) is 72.2 Å². The molecule has 5 rings (SSSR count). The van der Waals surface area contributed by atoms with Crippen LogP contribution < -0.4 is 10.1 Å². The second-order valence-electron chi connectivity index (χ2n) is 8.66. The van der Waals surface area contributed by atoms with Gasteiger partial charge in [0.15, 0.2) is 5.69 Å². The van der Waals surface area contributed by atoms with E-state index in [0.29, 0.717) is 18.0 Å². The number of H-pyrrole nitrogens is 1. The number of nitrogens with one attached hydrogen (secondary N) is 2. The molecule has 0 unspecified atom stereocenters. The summed E-state index contributed by atoms with van der Waals surface area (Å²) < 4.78 is 5.46. The van der Waals surface area contributed by atoms with E-state index in [1.54, 1.807) is 0 Å². The lowest BCUT2D eigenvalue weighted by molar-refractivity contribution is 0.102. The number of nitrogens with zero attached hydrogens (tertiary/aromatic N) is 3. The Balaban J connectivity index is 1.36. The number of benzene rings is 2. The predicted molar refractivity (Wildman–Crippen MR) is 134 cm³/mol. The SMILES string of the molecule is CCOc1ccc(NC(=O)c2n[nH]c3ccc(-c4cncc(CN5CCCCC5)c4)cc23)cc1. The van der Waals surface area contributed by atoms with Gasteiger partial charge in [0.1, 0.15) is 5.75 Å². The van der Waals surface area contributed by atoms with Crippen LogP contribution >= 0.6 is 0 Å². The average Bonchev–Trinajstić information content (AvgIpc) is 3.30. The molecular formula is C27H29N5O2. The summed E-state index contributed by atoms with van der Waals surface area (Å²) in [6.07, 6.45) is 7.69. The Kier molecular flexibility index (Phi) is 6.53. The van der Waals surface area contributed by atoms with Crippen LogP contribution in [0.5, 0.6) is 5.75 Å². The van der Waals surface area contributed by atoms with Crippen molar-refractivity contribution in [2.45, 2.75) is 32.7 Å². The smallest absolute Gasteiger partial charge is 0.276 e. The molecule has 1 amide bonds. The van der Waals surface area contributed by atoms with E-state index in [-0.39, 0.29) is 5.91 Å². The molecule has 0 aliphatic carbocycles. The zero-order valence-electron chi connectivity index (χ0n) is 19.4. The lowest BCUT2D eigenvalue weighted by Crippen LogP contribution is -2.29. The highest BCUT2D eigenvalue weighted by atomic mass is 16.5. The van der Waals surface area contributed by atoms with Crippen LogP contribution in [0, 0.1) is 0 Å². The number of anilines is 1. The van der Waals surface area contributed by atoms with Crippen molar-refractivity contribution in [3.8, 4) is 16.9 Å². The van der Waals surface area contributed by atoms with Crippen LogP contribution in [-0.2, 0) is 6.54 Å². The molecule has 1 saturated heterocycles. The third-order valence-corrected chi connectivity index (χ3v) is 6.18. The molecule has 2 aromatic carbocycles. The molecule has 0 atom stereocenters. The normalized spacial score (nSPS) is 14.3. The highest BCUT2D eigenvalue weighted by Crippen LogP contribution is 2.27. The quantitative estimate of drug-likeness (QED) is 0.397. The third kappa shape index (κ3) is 4.94. The zero-order chi connectivity index (χ0) is 23.3. The molecule has 7 nitrogen and oxygen atoms in total. The first-order valence-corrected chi connectivity index (χ1v) is 11.9. The Morgan fingerprint density at radius 2 is 1.85 bits per heavy atom. The van der Waals surface area contributed by atoms with Gasteiger partial charge in [-0.05, 0) is 86.4 Å². The highest BCUT2D eigenvalue weighted by Gasteiger charge is 2.16. The standard InChI is InChI=1S/C27H29N5O2/c1-2-34-23-9-7-22(8-10-23)29-27(33)26-24-15-20(6-11-25(24)30-31-26)21-14-19(16-28-17-21)18-32-12-4-3-5-13-32/h6-11,14-17H,2-5,12-13,18H2,1H3,(H,29,33)(H,30,31). The van der Waals surface area contributed by atoms with E-state index in [1.807, 2.05) is 61.8 Å². The maximum atomic E-state index is 13.0. The molecule has 2 N–H and O–H groups in total. The van der Waals surface area contributed by atoms with Crippen molar-refractivity contribution in [1.82, 2.24) is 20.1 Å². The third-order valence-electron chi connectivity index (χ3n) is 6.18. The molecule has 2 aromatic heterocycles. The van der Waals surface area contributed by atoms with E-state index in [2.05, 4.69) is 31.5 Å². The summed E-state index contributed by atoms with van der Waals surface area (Å²) in [5.41, 5.74) is 5.13. The Hall–Kier alpha value is -3.71. The first kappa shape index (κ1) is 22.1. The van der Waals surface area contributed by atoms with E-state index < -0.39 is 0 Å². The molecule has 1 fully saturated rings. The molecule has 1 aliphatic heterocycles. The van der Waals surface area contributed by atoms with Gasteiger partial charge in [-0.1, -0.05) is 12.5 Å². The van der Waals surface area contributed by atoms with E-state index in [1.165, 1.54) is 24.8 Å². The van der Waals surface area contributed by atoms with Gasteiger partial charge in [0.25, 0.3) is 5.91 Å². The van der Waals surface area contributed by atoms with Crippen LogP contribution in [0.1, 0.15) is 42.2 Å². The Morgan fingerprint density at radius 3 is 2.65 bits per heavy atom. The van der Waals surface area contributed by atoms with Crippen LogP contribution in [0.25, 0.3) is 22.0 Å². The van der Waals surface area contributed by atoms with Gasteiger partial charge < -0.3 is 10.1 Å². The highest BCUT2D eigenvalue weighted by molar-refractivity contribution is 6.11. The number of pyridine rings is 1. The average molecular weight is 456 g/mol. The maximum absolute atomic E-state index is 13.0. The van der Waals surface area contributed by atoms with Gasteiger partial charge in [-0.25, -0.2) is 0 Å². The van der Waals surface area contributed by atoms with Crippen LogP contribution in [-0.4, -0.2) is 45.7 Å². The molecule has 4 aromatic rings. The van der Waals surface area contributed by atoms with Gasteiger partial charge in [-0.2, -0.15) is 5.10 Å². The molecule has 1 aliphatic rings. The number of carbonyl (C=O) groups excluding carboxylic acids is 1. The van der Waals surface area contributed by atoms with Crippen LogP contribution in [0.15, 0.2) is 60.9 Å². The lowest BCUT2D eigenvalue weighted by atomic mass is 10.0. The summed E-state index contributed by atoms with van der Waals surface area (Å²) in [7, 11) is 0. The fraction of sp³-hybridized carbons (Fsp3) is 0.296. The number of likely N-dealkylation sites (tertiary alicyclic amines) is 1. The number of hydrogen-bond acceptors (Lipinski definition) is 5. The summed E-state index contributed by atoms with van der Waals surface area (Å²) in [4.78, 5) is 20.0. The van der Waals surface area contributed by atoms with Gasteiger partial charge in [0.05, 0.1) is 12.1 Å². The summed E-state index contributed by atoms with van der Waals surface area (Å²) in [6.45, 7) is 5.76. The van der Waals surface area contributed by atoms with Gasteiger partial charge >= 0.3 is 0 Å². The van der Waals surface area contributed by atoms with Crippen molar-refractivity contribution in [2.75, 3.05) is 25.0 Å². The number of aromatic nitrogens is 3. The Morgan fingerprint density at radius 1 is 1.03 bits per heavy atom. The first-order chi connectivity index (χ1) is 16.7. The Bertz CT molecular complexity index is 1280. The molecule has 34 heavy (non-hydrogen) atoms. The van der Waals surface area contributed by atoms with E-state index in [9.17, 15) is 4.79 Å². The van der Waals surface area contributed by atoms with Crippen molar-refractivity contribution >= 4 is 22.5 Å². The van der Waals surface area contributed by atoms with Crippen LogP contribution in [0.3, 0.4) is 0 Å². The van der Waals surface area contributed by atoms with Gasteiger partial charge in [0, 0.05) is 35.6 Å². The van der Waals surface area contributed by atoms with Gasteiger partial charge in [-0.15, -0.1) is 0 Å². The minimum absolute atomic E-state index is 0.260. The molecule has 0 spiro atoms. The van der Waals surface area contributed by atoms with Crippen molar-refractivity contribution < 1.29 is 9.53 Å². The number of aromatic amines is 1. The number of amides is 1. The monoisotopic (exact) mass is 455 g/mol. The number of rotatable bonds is 7. The molecule has 174 valence electrons. The zero-order valence-corrected chi connectivity index (χ0v) is 19.4. The number of fused-ring (bicyclic) bond motifs is 1. The summed E-state index contributed by atoms with van der Waals surface area (Å²) in [6, 6.07) is 15.5. The molecule has 0 bridgehead atoms. The summed E-state index contributed by atoms with van der Waals surface area (Å²) in [5, 5.41) is 11.0. The number of carbonyl (C=O) groups is 1. The first-order valence-electron chi connectivity index (χ1n) is 11.9. The number of hydrogen-bond donors (Lipinski definition) is 2. The largest absolute Gasteiger partial charge is 0.494 e. The minimum Gasteiger partial charge on any atom is -0.494 e. The van der Waals surface area contributed by atoms with Crippen LogP contribution in [0.2, 0.25) is 0 Å². The van der Waals surface area contributed by atoms with Gasteiger partial charge in [-0.3, -0.25) is 19.8 Å². The second-order valence-corrected chi connectivity index (χ2v) is 8.66. The second kappa shape index (κ2) is 10.1. The maximum Gasteiger partial charge on any atom is 0.276 e. The van der Waals surface area contributed by atoms with E-state index in [0.717, 1.165) is 47.4 Å². The fourth-order valence-corrected chi connectivity index (χ4v) is 4.47. The number of ether oxygens (including phenoxy) is 1. The predicted octanol–water partition coefficient (Wildman–Crippen LogP) is 5.26. The van der Waals surface area contributed by atoms with Crippen molar-refractivity contribution in [3.63, 3.8) is 0 Å². The Labute approximate surface area is 199 Å². The minimum atomic E-state index is -0.260. The summed E-state index contributed by atoms with van der Waals surface area (Å²) >= 11 is 0. The van der Waals surface area contributed by atoms with E-state index >= 15 is 0 Å². The fourth-order valence-electron chi connectivity index (χ4n) is 4.47. The van der Waals surface area contributed by atoms with E-state index in [4.69, 9.17) is 4.74 Å². The molecular weight excluding hydrogens is 426 g/mol. The van der Waals surface area contributed by atoms with Crippen LogP contribution in [0.4, 0.5) is 5.69 Å². The van der Waals surface area contributed by atoms with Crippen molar-refractivity contribution in [2.24, 2.45) is 0 Å². The summed E-state index contributed by atoms with van der Waals surface area (Å²) in [5.74, 6) is 0.510. The molecule has 0 saturated carbocycles. The topological polar surface area (TPSA) is 83.1 Å². The number of piperidine rings is 1. The van der Waals surface area contributed by atoms with Gasteiger partial charge in [0.2, 0.25) is 0 Å². The molecule has 3 heterocycles. The lowest BCUT2D eigenvalue weighted by Gasteiger charge is -2.26.